The van der Waals surface area contributed by atoms with Crippen molar-refractivity contribution in [2.75, 3.05) is 0 Å². The molecule has 1 saturated carbocycles. The second-order valence-electron chi connectivity index (χ2n) is 3.88. The zero-order valence-corrected chi connectivity index (χ0v) is 9.17. The van der Waals surface area contributed by atoms with Gasteiger partial charge in [-0.1, -0.05) is 17.7 Å². The first kappa shape index (κ1) is 11.4. The average molecular weight is 244 g/mol. The van der Waals surface area contributed by atoms with Gasteiger partial charge < -0.3 is 5.11 Å². The van der Waals surface area contributed by atoms with Gasteiger partial charge in [-0.2, -0.15) is 0 Å². The first-order valence-electron chi connectivity index (χ1n) is 5.01. The van der Waals surface area contributed by atoms with Gasteiger partial charge in [0.05, 0.1) is 0 Å². The lowest BCUT2D eigenvalue weighted by Crippen LogP contribution is -2.30. The lowest BCUT2D eigenvalue weighted by atomic mass is 10.1. The third-order valence-corrected chi connectivity index (χ3v) is 2.83. The summed E-state index contributed by atoms with van der Waals surface area (Å²) in [5, 5.41) is 12.2. The second kappa shape index (κ2) is 4.39. The Bertz CT molecular complexity index is 420. The zero-order chi connectivity index (χ0) is 11.7. The summed E-state index contributed by atoms with van der Waals surface area (Å²) in [5.41, 5.74) is 0.405. The predicted octanol–water partition coefficient (Wildman–Crippen LogP) is 2.36. The van der Waals surface area contributed by atoms with E-state index in [0.717, 1.165) is 18.9 Å². The normalized spacial score (nSPS) is 17.1. The highest BCUT2D eigenvalue weighted by Gasteiger charge is 2.30. The molecule has 2 rings (SSSR count). The summed E-state index contributed by atoms with van der Waals surface area (Å²) in [6, 6.07) is 3.13. The summed E-state index contributed by atoms with van der Waals surface area (Å²) in [7, 11) is 0. The molecular formula is C11H11ClFNO2. The minimum absolute atomic E-state index is 0.139. The number of aliphatic carboxylic acids is 1. The van der Waals surface area contributed by atoms with Crippen molar-refractivity contribution in [3.8, 4) is 0 Å². The Morgan fingerprint density at radius 1 is 1.56 bits per heavy atom. The van der Waals surface area contributed by atoms with Gasteiger partial charge in [0.25, 0.3) is 0 Å². The summed E-state index contributed by atoms with van der Waals surface area (Å²) in [6.45, 7) is 0. The van der Waals surface area contributed by atoms with E-state index >= 15 is 0 Å². The SMILES string of the molecule is O=C(O)C(NC1CC1)c1ccc(F)cc1Cl. The maximum atomic E-state index is 12.8. The van der Waals surface area contributed by atoms with Crippen molar-refractivity contribution in [1.29, 1.82) is 0 Å². The molecule has 3 nitrogen and oxygen atoms in total. The second-order valence-corrected chi connectivity index (χ2v) is 4.29. The summed E-state index contributed by atoms with van der Waals surface area (Å²) >= 11 is 5.83. The molecule has 0 amide bonds. The molecule has 16 heavy (non-hydrogen) atoms. The standard InChI is InChI=1S/C11H11ClFNO2/c12-9-5-6(13)1-4-8(9)10(11(15)16)14-7-2-3-7/h1,4-5,7,10,14H,2-3H2,(H,15,16). The van der Waals surface area contributed by atoms with Crippen molar-refractivity contribution in [3.63, 3.8) is 0 Å². The van der Waals surface area contributed by atoms with E-state index in [4.69, 9.17) is 16.7 Å². The summed E-state index contributed by atoms with van der Waals surface area (Å²) < 4.78 is 12.8. The Morgan fingerprint density at radius 3 is 2.75 bits per heavy atom. The molecule has 0 spiro atoms. The van der Waals surface area contributed by atoms with Crippen molar-refractivity contribution in [2.24, 2.45) is 0 Å². The molecule has 1 aliphatic rings. The van der Waals surface area contributed by atoms with Crippen LogP contribution in [0.3, 0.4) is 0 Å². The maximum Gasteiger partial charge on any atom is 0.325 e. The number of carboxylic acid groups (broad SMARTS) is 1. The molecule has 5 heteroatoms. The van der Waals surface area contributed by atoms with Crippen LogP contribution in [0.4, 0.5) is 4.39 Å². The highest BCUT2D eigenvalue weighted by atomic mass is 35.5. The highest BCUT2D eigenvalue weighted by molar-refractivity contribution is 6.31. The van der Waals surface area contributed by atoms with Crippen molar-refractivity contribution >= 4 is 17.6 Å². The third-order valence-electron chi connectivity index (χ3n) is 2.50. The summed E-state index contributed by atoms with van der Waals surface area (Å²) in [5.74, 6) is -1.47. The first-order valence-corrected chi connectivity index (χ1v) is 5.39. The molecule has 0 radical (unpaired) electrons. The minimum atomic E-state index is -1.000. The van der Waals surface area contributed by atoms with Gasteiger partial charge >= 0.3 is 5.97 Å². The van der Waals surface area contributed by atoms with Crippen molar-refractivity contribution in [1.82, 2.24) is 5.32 Å². The molecule has 1 fully saturated rings. The monoisotopic (exact) mass is 243 g/mol. The Balaban J connectivity index is 2.26. The van der Waals surface area contributed by atoms with Gasteiger partial charge in [-0.15, -0.1) is 0 Å². The van der Waals surface area contributed by atoms with Gasteiger partial charge in [-0.05, 0) is 30.5 Å². The number of nitrogens with one attached hydrogen (secondary N) is 1. The van der Waals surface area contributed by atoms with Crippen molar-refractivity contribution < 1.29 is 14.3 Å². The fourth-order valence-electron chi connectivity index (χ4n) is 1.52. The van der Waals surface area contributed by atoms with E-state index in [1.54, 1.807) is 0 Å². The molecule has 0 heterocycles. The van der Waals surface area contributed by atoms with E-state index in [1.165, 1.54) is 12.1 Å². The van der Waals surface area contributed by atoms with Crippen LogP contribution in [-0.4, -0.2) is 17.1 Å². The summed E-state index contributed by atoms with van der Waals surface area (Å²) in [6.07, 6.45) is 1.95. The summed E-state index contributed by atoms with van der Waals surface area (Å²) in [4.78, 5) is 11.1. The number of carboxylic acids is 1. The predicted molar refractivity (Wildman–Crippen MR) is 57.9 cm³/mol. The van der Waals surface area contributed by atoms with Crippen molar-refractivity contribution in [2.45, 2.75) is 24.9 Å². The Hall–Kier alpha value is -1.13. The van der Waals surface area contributed by atoms with Crippen LogP contribution in [0.2, 0.25) is 5.02 Å². The van der Waals surface area contributed by atoms with Crippen LogP contribution in [0, 0.1) is 5.82 Å². The highest BCUT2D eigenvalue weighted by Crippen LogP contribution is 2.28. The van der Waals surface area contributed by atoms with E-state index in [2.05, 4.69) is 5.32 Å². The fourth-order valence-corrected chi connectivity index (χ4v) is 1.79. The van der Waals surface area contributed by atoms with E-state index in [9.17, 15) is 9.18 Å². The molecule has 0 bridgehead atoms. The Kier molecular flexibility index (Phi) is 3.12. The lowest BCUT2D eigenvalue weighted by molar-refractivity contribution is -0.139. The van der Waals surface area contributed by atoms with Crippen LogP contribution in [0.25, 0.3) is 0 Å². The topological polar surface area (TPSA) is 49.3 Å². The molecule has 86 valence electrons. The van der Waals surface area contributed by atoms with E-state index < -0.39 is 17.8 Å². The van der Waals surface area contributed by atoms with Crippen LogP contribution in [0.1, 0.15) is 24.4 Å². The molecule has 1 atom stereocenters. The van der Waals surface area contributed by atoms with Crippen LogP contribution in [-0.2, 0) is 4.79 Å². The van der Waals surface area contributed by atoms with Gasteiger partial charge in [0.2, 0.25) is 0 Å². The molecule has 0 saturated heterocycles. The maximum absolute atomic E-state index is 12.8. The Morgan fingerprint density at radius 2 is 2.25 bits per heavy atom. The number of rotatable bonds is 4. The van der Waals surface area contributed by atoms with E-state index in [-0.39, 0.29) is 11.1 Å². The van der Waals surface area contributed by atoms with Gasteiger partial charge in [0, 0.05) is 11.1 Å². The number of hydrogen-bond acceptors (Lipinski definition) is 2. The molecule has 1 aromatic carbocycles. The molecule has 1 aliphatic carbocycles. The molecule has 0 aliphatic heterocycles. The van der Waals surface area contributed by atoms with Gasteiger partial charge in [-0.3, -0.25) is 10.1 Å². The van der Waals surface area contributed by atoms with Gasteiger partial charge in [0.1, 0.15) is 11.9 Å². The van der Waals surface area contributed by atoms with Gasteiger partial charge in [0.15, 0.2) is 0 Å². The molecule has 2 N–H and O–H groups in total. The smallest absolute Gasteiger partial charge is 0.325 e. The van der Waals surface area contributed by atoms with Crippen LogP contribution >= 0.6 is 11.6 Å². The first-order chi connectivity index (χ1) is 7.58. The zero-order valence-electron chi connectivity index (χ0n) is 8.41. The van der Waals surface area contributed by atoms with Crippen LogP contribution in [0.5, 0.6) is 0 Å². The Labute approximate surface area is 97.2 Å². The van der Waals surface area contributed by atoms with E-state index in [0.29, 0.717) is 5.56 Å². The van der Waals surface area contributed by atoms with Gasteiger partial charge in [-0.25, -0.2) is 4.39 Å². The number of halogens is 2. The number of benzene rings is 1. The van der Waals surface area contributed by atoms with Crippen LogP contribution < -0.4 is 5.32 Å². The van der Waals surface area contributed by atoms with Crippen molar-refractivity contribution in [3.05, 3.63) is 34.6 Å². The molecule has 1 unspecified atom stereocenters. The third kappa shape index (κ3) is 2.51. The molecular weight excluding hydrogens is 233 g/mol. The molecule has 0 aromatic heterocycles. The quantitative estimate of drug-likeness (QED) is 0.854. The minimum Gasteiger partial charge on any atom is -0.480 e. The average Bonchev–Trinajstić information content (AvgIpc) is 2.98. The largest absolute Gasteiger partial charge is 0.480 e. The number of hydrogen-bond donors (Lipinski definition) is 2. The number of carbonyl (C=O) groups is 1. The molecule has 1 aromatic rings. The van der Waals surface area contributed by atoms with Crippen LogP contribution in [0.15, 0.2) is 18.2 Å². The fraction of sp³-hybridized carbons (Fsp3) is 0.364. The van der Waals surface area contributed by atoms with E-state index in [1.807, 2.05) is 0 Å². The lowest BCUT2D eigenvalue weighted by Gasteiger charge is -2.15.